The third kappa shape index (κ3) is 4.72. The van der Waals surface area contributed by atoms with Crippen molar-refractivity contribution >= 4 is 27.3 Å². The summed E-state index contributed by atoms with van der Waals surface area (Å²) in [6.07, 6.45) is 3.53. The number of sulfonamides is 1. The van der Waals surface area contributed by atoms with Crippen molar-refractivity contribution < 1.29 is 13.2 Å². The van der Waals surface area contributed by atoms with E-state index in [0.717, 1.165) is 25.7 Å². The van der Waals surface area contributed by atoms with Crippen LogP contribution in [0.4, 0.5) is 0 Å². The van der Waals surface area contributed by atoms with E-state index in [1.807, 2.05) is 30.3 Å². The minimum absolute atomic E-state index is 0.0841. The molecule has 0 aliphatic carbocycles. The molecule has 26 heavy (non-hydrogen) atoms. The van der Waals surface area contributed by atoms with E-state index in [4.69, 9.17) is 0 Å². The van der Waals surface area contributed by atoms with Crippen LogP contribution in [0.25, 0.3) is 0 Å². The van der Waals surface area contributed by atoms with Crippen LogP contribution in [0.5, 0.6) is 0 Å². The van der Waals surface area contributed by atoms with Crippen LogP contribution in [0.3, 0.4) is 0 Å². The second-order valence-electron chi connectivity index (χ2n) is 6.49. The minimum Gasteiger partial charge on any atom is -0.356 e. The van der Waals surface area contributed by atoms with E-state index in [2.05, 4.69) is 5.32 Å². The molecule has 7 heteroatoms. The quantitative estimate of drug-likeness (QED) is 0.788. The molecule has 1 amide bonds. The minimum atomic E-state index is -3.51. The summed E-state index contributed by atoms with van der Waals surface area (Å²) in [4.78, 5) is 12.3. The number of nitrogens with zero attached hydrogens (tertiary/aromatic N) is 1. The van der Waals surface area contributed by atoms with Gasteiger partial charge in [-0.3, -0.25) is 4.79 Å². The van der Waals surface area contributed by atoms with Gasteiger partial charge in [0.25, 0.3) is 10.0 Å². The van der Waals surface area contributed by atoms with Crippen LogP contribution < -0.4 is 5.32 Å². The number of nitrogens with one attached hydrogen (secondary N) is 1. The average molecular weight is 393 g/mol. The molecule has 1 aromatic carbocycles. The second kappa shape index (κ2) is 8.79. The maximum absolute atomic E-state index is 12.8. The lowest BCUT2D eigenvalue weighted by atomic mass is 10.0. The summed E-state index contributed by atoms with van der Waals surface area (Å²) in [5, 5.41) is 4.69. The number of thiophene rings is 1. The smallest absolute Gasteiger partial charge is 0.252 e. The molecule has 0 saturated carbocycles. The average Bonchev–Trinajstić information content (AvgIpc) is 3.18. The summed E-state index contributed by atoms with van der Waals surface area (Å²) < 4.78 is 27.6. The van der Waals surface area contributed by atoms with Gasteiger partial charge < -0.3 is 5.32 Å². The van der Waals surface area contributed by atoms with Gasteiger partial charge in [-0.2, -0.15) is 4.31 Å². The number of hydrogen-bond donors (Lipinski definition) is 1. The molecule has 0 radical (unpaired) electrons. The van der Waals surface area contributed by atoms with Crippen molar-refractivity contribution in [1.82, 2.24) is 9.62 Å². The third-order valence-electron chi connectivity index (χ3n) is 4.63. The number of carbonyl (C=O) groups is 1. The molecular weight excluding hydrogens is 368 g/mol. The molecule has 1 aromatic heterocycles. The summed E-state index contributed by atoms with van der Waals surface area (Å²) in [6, 6.07) is 13.1. The molecule has 2 aromatic rings. The highest BCUT2D eigenvalue weighted by Crippen LogP contribution is 2.29. The topological polar surface area (TPSA) is 66.5 Å². The van der Waals surface area contributed by atoms with Crippen LogP contribution >= 0.6 is 11.3 Å². The number of hydrogen-bond acceptors (Lipinski definition) is 4. The molecule has 140 valence electrons. The van der Waals surface area contributed by atoms with Crippen molar-refractivity contribution in [2.24, 2.45) is 0 Å². The molecule has 0 spiro atoms. The van der Waals surface area contributed by atoms with E-state index in [0.29, 0.717) is 17.3 Å². The number of benzene rings is 1. The Labute approximate surface area is 159 Å². The SMILES string of the molecule is O=C(C[C@@H]1CCCCN1S(=O)(=O)c1cccs1)NCCc1ccccc1. The van der Waals surface area contributed by atoms with Crippen molar-refractivity contribution in [3.63, 3.8) is 0 Å². The first-order valence-electron chi connectivity index (χ1n) is 8.93. The lowest BCUT2D eigenvalue weighted by Gasteiger charge is -2.34. The van der Waals surface area contributed by atoms with E-state index in [1.54, 1.807) is 17.5 Å². The van der Waals surface area contributed by atoms with Gasteiger partial charge in [-0.25, -0.2) is 8.42 Å². The molecule has 3 rings (SSSR count). The first kappa shape index (κ1) is 19.1. The first-order valence-corrected chi connectivity index (χ1v) is 11.3. The maximum Gasteiger partial charge on any atom is 0.252 e. The zero-order valence-corrected chi connectivity index (χ0v) is 16.3. The highest BCUT2D eigenvalue weighted by atomic mass is 32.2. The summed E-state index contributed by atoms with van der Waals surface area (Å²) in [5.74, 6) is -0.0841. The van der Waals surface area contributed by atoms with Gasteiger partial charge in [0.05, 0.1) is 0 Å². The zero-order chi connectivity index (χ0) is 18.4. The van der Waals surface area contributed by atoms with Crippen LogP contribution in [-0.4, -0.2) is 37.8 Å². The lowest BCUT2D eigenvalue weighted by molar-refractivity contribution is -0.122. The highest BCUT2D eigenvalue weighted by molar-refractivity contribution is 7.91. The Morgan fingerprint density at radius 3 is 2.69 bits per heavy atom. The van der Waals surface area contributed by atoms with Crippen molar-refractivity contribution in [3.8, 4) is 0 Å². The van der Waals surface area contributed by atoms with Crippen LogP contribution in [0.15, 0.2) is 52.1 Å². The molecule has 0 bridgehead atoms. The third-order valence-corrected chi connectivity index (χ3v) is 7.96. The van der Waals surface area contributed by atoms with E-state index < -0.39 is 10.0 Å². The standard InChI is InChI=1S/C19H24N2O3S2/c22-18(20-12-11-16-7-2-1-3-8-16)15-17-9-4-5-13-21(17)26(23,24)19-10-6-14-25-19/h1-3,6-8,10,14,17H,4-5,9,11-13,15H2,(H,20,22)/t17-/m0/s1. The number of rotatable bonds is 7. The Morgan fingerprint density at radius 1 is 1.15 bits per heavy atom. The van der Waals surface area contributed by atoms with Crippen LogP contribution in [0.1, 0.15) is 31.2 Å². The van der Waals surface area contributed by atoms with E-state index in [9.17, 15) is 13.2 Å². The summed E-state index contributed by atoms with van der Waals surface area (Å²) >= 11 is 1.23. The lowest BCUT2D eigenvalue weighted by Crippen LogP contribution is -2.45. The Bertz CT molecular complexity index is 805. The van der Waals surface area contributed by atoms with Gasteiger partial charge in [0.2, 0.25) is 5.91 Å². The summed E-state index contributed by atoms with van der Waals surface area (Å²) in [7, 11) is -3.51. The van der Waals surface area contributed by atoms with E-state index in [1.165, 1.54) is 21.2 Å². The van der Waals surface area contributed by atoms with E-state index >= 15 is 0 Å². The van der Waals surface area contributed by atoms with Crippen LogP contribution in [-0.2, 0) is 21.2 Å². The molecule has 1 aliphatic heterocycles. The molecule has 0 unspecified atom stereocenters. The molecular formula is C19H24N2O3S2. The van der Waals surface area contributed by atoms with Crippen LogP contribution in [0, 0.1) is 0 Å². The predicted molar refractivity (Wildman–Crippen MR) is 104 cm³/mol. The summed E-state index contributed by atoms with van der Waals surface area (Å²) in [5.41, 5.74) is 1.17. The van der Waals surface area contributed by atoms with Gasteiger partial charge in [0, 0.05) is 25.6 Å². The maximum atomic E-state index is 12.8. The zero-order valence-electron chi connectivity index (χ0n) is 14.6. The van der Waals surface area contributed by atoms with Gasteiger partial charge in [0.1, 0.15) is 4.21 Å². The van der Waals surface area contributed by atoms with Crippen molar-refractivity contribution in [3.05, 3.63) is 53.4 Å². The van der Waals surface area contributed by atoms with Gasteiger partial charge in [0.15, 0.2) is 0 Å². The molecule has 1 N–H and O–H groups in total. The molecule has 1 fully saturated rings. The molecule has 5 nitrogen and oxygen atoms in total. The predicted octanol–water partition coefficient (Wildman–Crippen LogP) is 3.04. The fraction of sp³-hybridized carbons (Fsp3) is 0.421. The molecule has 1 atom stereocenters. The largest absolute Gasteiger partial charge is 0.356 e. The molecule has 1 aliphatic rings. The Balaban J connectivity index is 1.57. The number of piperidine rings is 1. The monoisotopic (exact) mass is 392 g/mol. The molecule has 1 saturated heterocycles. The number of carbonyl (C=O) groups excluding carboxylic acids is 1. The molecule has 2 heterocycles. The highest BCUT2D eigenvalue weighted by Gasteiger charge is 2.35. The normalized spacial score (nSPS) is 18.5. The first-order chi connectivity index (χ1) is 12.6. The van der Waals surface area contributed by atoms with Crippen LogP contribution in [0.2, 0.25) is 0 Å². The van der Waals surface area contributed by atoms with Gasteiger partial charge in [-0.05, 0) is 36.3 Å². The fourth-order valence-electron chi connectivity index (χ4n) is 3.30. The van der Waals surface area contributed by atoms with Crippen molar-refractivity contribution in [2.75, 3.05) is 13.1 Å². The van der Waals surface area contributed by atoms with Crippen molar-refractivity contribution in [2.45, 2.75) is 42.4 Å². The van der Waals surface area contributed by atoms with Crippen molar-refractivity contribution in [1.29, 1.82) is 0 Å². The Hall–Kier alpha value is -1.70. The van der Waals surface area contributed by atoms with Gasteiger partial charge >= 0.3 is 0 Å². The second-order valence-corrected chi connectivity index (χ2v) is 9.55. The van der Waals surface area contributed by atoms with Gasteiger partial charge in [-0.15, -0.1) is 11.3 Å². The Kier molecular flexibility index (Phi) is 6.45. The number of amides is 1. The Morgan fingerprint density at radius 2 is 1.96 bits per heavy atom. The van der Waals surface area contributed by atoms with E-state index in [-0.39, 0.29) is 18.4 Å². The van der Waals surface area contributed by atoms with Gasteiger partial charge in [-0.1, -0.05) is 42.8 Å². The summed E-state index contributed by atoms with van der Waals surface area (Å²) in [6.45, 7) is 1.05. The fourth-order valence-corrected chi connectivity index (χ4v) is 6.11.